The molecule has 6 nitrogen and oxygen atoms in total. The first-order valence-corrected chi connectivity index (χ1v) is 10.6. The highest BCUT2D eigenvalue weighted by Gasteiger charge is 2.24. The summed E-state index contributed by atoms with van der Waals surface area (Å²) in [5, 5.41) is 2.86. The van der Waals surface area contributed by atoms with Crippen LogP contribution in [0.5, 0.6) is 0 Å². The summed E-state index contributed by atoms with van der Waals surface area (Å²) in [6.07, 6.45) is 3.57. The van der Waals surface area contributed by atoms with Gasteiger partial charge in [-0.3, -0.25) is 9.10 Å². The van der Waals surface area contributed by atoms with E-state index in [0.29, 0.717) is 17.8 Å². The number of hydrogen-bond donors (Lipinski definition) is 1. The fourth-order valence-electron chi connectivity index (χ4n) is 3.07. The summed E-state index contributed by atoms with van der Waals surface area (Å²) in [5.41, 5.74) is 0.942. The molecule has 7 heteroatoms. The van der Waals surface area contributed by atoms with Gasteiger partial charge in [-0.25, -0.2) is 8.42 Å². The number of rotatable bonds is 8. The van der Waals surface area contributed by atoms with Crippen molar-refractivity contribution in [3.8, 4) is 0 Å². The number of nitrogens with zero attached hydrogens (tertiary/aromatic N) is 1. The van der Waals surface area contributed by atoms with Crippen molar-refractivity contribution in [1.82, 2.24) is 5.32 Å². The smallest absolute Gasteiger partial charge is 0.264 e. The van der Waals surface area contributed by atoms with Gasteiger partial charge in [-0.15, -0.1) is 6.58 Å². The van der Waals surface area contributed by atoms with Crippen molar-refractivity contribution in [2.45, 2.75) is 23.8 Å². The van der Waals surface area contributed by atoms with Gasteiger partial charge in [0.05, 0.1) is 23.2 Å². The van der Waals surface area contributed by atoms with Crippen molar-refractivity contribution in [2.75, 3.05) is 24.0 Å². The SMILES string of the molecule is C=CCN(c1ccc(C(=O)NC[C@@H]2CCCO2)cc1)S(=O)(=O)c1ccccc1. The fraction of sp³-hybridized carbons (Fsp3) is 0.286. The molecule has 1 aliphatic heterocycles. The quantitative estimate of drug-likeness (QED) is 0.691. The summed E-state index contributed by atoms with van der Waals surface area (Å²) in [7, 11) is -3.73. The molecule has 1 fully saturated rings. The van der Waals surface area contributed by atoms with E-state index < -0.39 is 10.0 Å². The molecule has 1 saturated heterocycles. The van der Waals surface area contributed by atoms with Crippen LogP contribution < -0.4 is 9.62 Å². The van der Waals surface area contributed by atoms with Crippen molar-refractivity contribution in [3.05, 3.63) is 72.8 Å². The van der Waals surface area contributed by atoms with Crippen molar-refractivity contribution >= 4 is 21.6 Å². The minimum absolute atomic E-state index is 0.0716. The van der Waals surface area contributed by atoms with Crippen LogP contribution in [0, 0.1) is 0 Å². The van der Waals surface area contributed by atoms with E-state index in [4.69, 9.17) is 4.74 Å². The topological polar surface area (TPSA) is 75.7 Å². The molecule has 1 N–H and O–H groups in total. The van der Waals surface area contributed by atoms with Crippen LogP contribution in [0.15, 0.2) is 72.1 Å². The number of anilines is 1. The molecule has 0 aliphatic carbocycles. The zero-order valence-electron chi connectivity index (χ0n) is 15.6. The van der Waals surface area contributed by atoms with Gasteiger partial charge >= 0.3 is 0 Å². The first-order valence-electron chi connectivity index (χ1n) is 9.21. The Morgan fingerprint density at radius 2 is 1.89 bits per heavy atom. The highest BCUT2D eigenvalue weighted by molar-refractivity contribution is 7.92. The van der Waals surface area contributed by atoms with Crippen LogP contribution in [0.2, 0.25) is 0 Å². The third-order valence-corrected chi connectivity index (χ3v) is 6.37. The fourth-order valence-corrected chi connectivity index (χ4v) is 4.53. The van der Waals surface area contributed by atoms with Crippen LogP contribution in [0.1, 0.15) is 23.2 Å². The monoisotopic (exact) mass is 400 g/mol. The molecule has 1 atom stereocenters. The van der Waals surface area contributed by atoms with Gasteiger partial charge in [0.25, 0.3) is 15.9 Å². The van der Waals surface area contributed by atoms with E-state index in [2.05, 4.69) is 11.9 Å². The van der Waals surface area contributed by atoms with Crippen molar-refractivity contribution in [1.29, 1.82) is 0 Å². The number of nitrogens with one attached hydrogen (secondary N) is 1. The summed E-state index contributed by atoms with van der Waals surface area (Å²) in [5.74, 6) is -0.205. The van der Waals surface area contributed by atoms with Crippen LogP contribution in [0.3, 0.4) is 0 Å². The lowest BCUT2D eigenvalue weighted by Gasteiger charge is -2.23. The molecule has 0 radical (unpaired) electrons. The molecule has 2 aromatic carbocycles. The summed E-state index contributed by atoms with van der Waals surface area (Å²) in [4.78, 5) is 12.5. The lowest BCUT2D eigenvalue weighted by Crippen LogP contribution is -2.32. The summed E-state index contributed by atoms with van der Waals surface area (Å²) in [6.45, 7) is 5.00. The third kappa shape index (κ3) is 4.61. The molecule has 148 valence electrons. The Balaban J connectivity index is 1.75. The average molecular weight is 401 g/mol. The van der Waals surface area contributed by atoms with E-state index in [1.54, 1.807) is 54.6 Å². The van der Waals surface area contributed by atoms with Gasteiger partial charge < -0.3 is 10.1 Å². The second kappa shape index (κ2) is 9.03. The van der Waals surface area contributed by atoms with Crippen LogP contribution in [-0.4, -0.2) is 40.1 Å². The van der Waals surface area contributed by atoms with E-state index in [9.17, 15) is 13.2 Å². The molecule has 1 heterocycles. The third-order valence-electron chi connectivity index (χ3n) is 4.56. The van der Waals surface area contributed by atoms with Crippen molar-refractivity contribution in [2.24, 2.45) is 0 Å². The highest BCUT2D eigenvalue weighted by atomic mass is 32.2. The maximum atomic E-state index is 13.0. The number of sulfonamides is 1. The predicted molar refractivity (Wildman–Crippen MR) is 109 cm³/mol. The Morgan fingerprint density at radius 1 is 1.18 bits per heavy atom. The molecule has 0 spiro atoms. The maximum absolute atomic E-state index is 13.0. The molecule has 28 heavy (non-hydrogen) atoms. The number of hydrogen-bond acceptors (Lipinski definition) is 4. The Bertz CT molecular complexity index is 905. The van der Waals surface area contributed by atoms with Crippen LogP contribution in [-0.2, 0) is 14.8 Å². The van der Waals surface area contributed by atoms with Crippen LogP contribution >= 0.6 is 0 Å². The van der Waals surface area contributed by atoms with E-state index in [0.717, 1.165) is 19.4 Å². The molecule has 1 amide bonds. The Labute approximate surface area is 165 Å². The summed E-state index contributed by atoms with van der Waals surface area (Å²) in [6, 6.07) is 14.7. The van der Waals surface area contributed by atoms with Crippen LogP contribution in [0.25, 0.3) is 0 Å². The molecular formula is C21H24N2O4S. The molecule has 0 unspecified atom stereocenters. The highest BCUT2D eigenvalue weighted by Crippen LogP contribution is 2.24. The van der Waals surface area contributed by atoms with Gasteiger partial charge in [-0.05, 0) is 49.2 Å². The first kappa shape index (κ1) is 20.1. The Kier molecular flexibility index (Phi) is 6.49. The molecule has 0 aromatic heterocycles. The standard InChI is InChI=1S/C21H24N2O4S/c1-2-14-23(28(25,26)20-8-4-3-5-9-20)18-12-10-17(11-13-18)21(24)22-16-19-7-6-15-27-19/h2-5,8-13,19H,1,6-7,14-16H2,(H,22,24)/t19-/m0/s1. The zero-order chi connectivity index (χ0) is 20.0. The second-order valence-corrected chi connectivity index (χ2v) is 8.39. The second-order valence-electron chi connectivity index (χ2n) is 6.53. The minimum atomic E-state index is -3.73. The number of carbonyl (C=O) groups excluding carboxylic acids is 1. The number of benzene rings is 2. The van der Waals surface area contributed by atoms with E-state index in [1.807, 2.05) is 0 Å². The van der Waals surface area contributed by atoms with Gasteiger partial charge in [0, 0.05) is 18.7 Å². The zero-order valence-corrected chi connectivity index (χ0v) is 16.4. The van der Waals surface area contributed by atoms with Gasteiger partial charge in [-0.1, -0.05) is 24.3 Å². The van der Waals surface area contributed by atoms with Crippen molar-refractivity contribution in [3.63, 3.8) is 0 Å². The Hall–Kier alpha value is -2.64. The molecule has 0 saturated carbocycles. The van der Waals surface area contributed by atoms with Crippen LogP contribution in [0.4, 0.5) is 5.69 Å². The number of amides is 1. The van der Waals surface area contributed by atoms with E-state index in [1.165, 1.54) is 10.4 Å². The normalized spacial score (nSPS) is 16.5. The molecule has 1 aliphatic rings. The summed E-state index contributed by atoms with van der Waals surface area (Å²) < 4.78 is 32.7. The molecular weight excluding hydrogens is 376 g/mol. The number of ether oxygens (including phenoxy) is 1. The molecule has 2 aromatic rings. The lowest BCUT2D eigenvalue weighted by molar-refractivity contribution is 0.0858. The molecule has 0 bridgehead atoms. The largest absolute Gasteiger partial charge is 0.376 e. The number of carbonyl (C=O) groups is 1. The average Bonchev–Trinajstić information content (AvgIpc) is 3.24. The van der Waals surface area contributed by atoms with E-state index >= 15 is 0 Å². The first-order chi connectivity index (χ1) is 13.5. The van der Waals surface area contributed by atoms with Gasteiger partial charge in [-0.2, -0.15) is 0 Å². The van der Waals surface area contributed by atoms with Gasteiger partial charge in [0.1, 0.15) is 0 Å². The minimum Gasteiger partial charge on any atom is -0.376 e. The molecule has 3 rings (SSSR count). The van der Waals surface area contributed by atoms with E-state index in [-0.39, 0.29) is 23.5 Å². The van der Waals surface area contributed by atoms with Crippen molar-refractivity contribution < 1.29 is 17.9 Å². The van der Waals surface area contributed by atoms with Gasteiger partial charge in [0.15, 0.2) is 0 Å². The Morgan fingerprint density at radius 3 is 2.50 bits per heavy atom. The predicted octanol–water partition coefficient (Wildman–Crippen LogP) is 2.98. The maximum Gasteiger partial charge on any atom is 0.264 e. The lowest BCUT2D eigenvalue weighted by atomic mass is 10.2. The summed E-state index contributed by atoms with van der Waals surface area (Å²) >= 11 is 0. The van der Waals surface area contributed by atoms with Gasteiger partial charge in [0.2, 0.25) is 0 Å².